The zero-order valence-electron chi connectivity index (χ0n) is 19.0. The molecule has 2 saturated carbocycles. The van der Waals surface area contributed by atoms with Crippen LogP contribution in [0.15, 0.2) is 61.2 Å². The molecular weight excluding hydrogens is 414 g/mol. The summed E-state index contributed by atoms with van der Waals surface area (Å²) in [5.41, 5.74) is 4.65. The zero-order valence-corrected chi connectivity index (χ0v) is 19.0. The lowest BCUT2D eigenvalue weighted by Crippen LogP contribution is -2.47. The Bertz CT molecular complexity index is 998. The number of esters is 1. The molecule has 0 radical (unpaired) electrons. The van der Waals surface area contributed by atoms with Crippen LogP contribution in [0.25, 0.3) is 11.1 Å². The molecule has 172 valence electrons. The van der Waals surface area contributed by atoms with Gasteiger partial charge in [0.15, 0.2) is 0 Å². The van der Waals surface area contributed by atoms with Gasteiger partial charge >= 0.3 is 12.1 Å². The van der Waals surface area contributed by atoms with Gasteiger partial charge < -0.3 is 14.8 Å². The smallest absolute Gasteiger partial charge is 0.407 e. The predicted octanol–water partition coefficient (Wildman–Crippen LogP) is 5.45. The van der Waals surface area contributed by atoms with Gasteiger partial charge in [0.2, 0.25) is 0 Å². The fourth-order valence-corrected chi connectivity index (χ4v) is 4.94. The van der Waals surface area contributed by atoms with Crippen molar-refractivity contribution in [2.45, 2.75) is 50.7 Å². The topological polar surface area (TPSA) is 64.6 Å². The molecular formula is C28H31NO4. The highest BCUT2D eigenvalue weighted by atomic mass is 16.6. The van der Waals surface area contributed by atoms with Crippen LogP contribution in [-0.4, -0.2) is 30.8 Å². The maximum absolute atomic E-state index is 13.0. The Morgan fingerprint density at radius 2 is 1.55 bits per heavy atom. The van der Waals surface area contributed by atoms with Crippen LogP contribution in [-0.2, 0) is 14.3 Å². The summed E-state index contributed by atoms with van der Waals surface area (Å²) < 4.78 is 11.5. The van der Waals surface area contributed by atoms with Crippen LogP contribution in [0.4, 0.5) is 4.79 Å². The summed E-state index contributed by atoms with van der Waals surface area (Å²) in [6.07, 6.45) is 5.53. The van der Waals surface area contributed by atoms with Crippen LogP contribution in [0.2, 0.25) is 0 Å². The van der Waals surface area contributed by atoms with Crippen molar-refractivity contribution in [2.75, 3.05) is 6.61 Å². The number of carbonyl (C=O) groups is 2. The monoisotopic (exact) mass is 445 g/mol. The van der Waals surface area contributed by atoms with Gasteiger partial charge in [0.25, 0.3) is 0 Å². The van der Waals surface area contributed by atoms with Gasteiger partial charge in [0, 0.05) is 11.8 Å². The van der Waals surface area contributed by atoms with E-state index in [1.54, 1.807) is 6.08 Å². The highest BCUT2D eigenvalue weighted by molar-refractivity contribution is 5.82. The molecule has 0 bridgehead atoms. The van der Waals surface area contributed by atoms with Crippen molar-refractivity contribution in [1.82, 2.24) is 5.32 Å². The normalized spacial score (nSPS) is 18.7. The van der Waals surface area contributed by atoms with Crippen LogP contribution in [0.1, 0.15) is 49.7 Å². The Morgan fingerprint density at radius 1 is 1.00 bits per heavy atom. The number of nitrogens with one attached hydrogen (secondary N) is 1. The van der Waals surface area contributed by atoms with Crippen LogP contribution >= 0.6 is 0 Å². The maximum Gasteiger partial charge on any atom is 0.407 e. The molecule has 0 spiro atoms. The van der Waals surface area contributed by atoms with Crippen LogP contribution in [0, 0.1) is 17.8 Å². The van der Waals surface area contributed by atoms with Crippen molar-refractivity contribution in [3.8, 4) is 11.1 Å². The highest BCUT2D eigenvalue weighted by Crippen LogP contribution is 2.47. The lowest BCUT2D eigenvalue weighted by Gasteiger charge is -2.25. The van der Waals surface area contributed by atoms with Gasteiger partial charge in [-0.3, -0.25) is 0 Å². The summed E-state index contributed by atoms with van der Waals surface area (Å²) >= 11 is 0. The first kappa shape index (κ1) is 21.7. The minimum absolute atomic E-state index is 0.0127. The average molecular weight is 446 g/mol. The first-order valence-corrected chi connectivity index (χ1v) is 12.0. The highest BCUT2D eigenvalue weighted by Gasteiger charge is 2.45. The van der Waals surface area contributed by atoms with Crippen LogP contribution in [0.3, 0.4) is 0 Å². The predicted molar refractivity (Wildman–Crippen MR) is 127 cm³/mol. The molecule has 2 atom stereocenters. The number of carbonyl (C=O) groups excluding carboxylic acids is 2. The molecule has 3 aliphatic carbocycles. The molecule has 2 aromatic carbocycles. The molecule has 1 N–H and O–H groups in total. The fraction of sp³-hybridized carbons (Fsp3) is 0.429. The van der Waals surface area contributed by atoms with E-state index in [4.69, 9.17) is 9.47 Å². The summed E-state index contributed by atoms with van der Waals surface area (Å²) in [5, 5.41) is 2.76. The zero-order chi connectivity index (χ0) is 22.9. The molecule has 0 heterocycles. The van der Waals surface area contributed by atoms with Crippen molar-refractivity contribution in [1.29, 1.82) is 0 Å². The molecule has 0 aliphatic heterocycles. The molecule has 33 heavy (non-hydrogen) atoms. The quantitative estimate of drug-likeness (QED) is 0.412. The fourth-order valence-electron chi connectivity index (χ4n) is 4.94. The van der Waals surface area contributed by atoms with Gasteiger partial charge in [-0.05, 0) is 59.8 Å². The summed E-state index contributed by atoms with van der Waals surface area (Å²) in [6.45, 7) is 5.86. The largest absolute Gasteiger partial charge is 0.460 e. The number of fused-ring (bicyclic) bond motifs is 3. The Hall–Kier alpha value is -3.08. The minimum atomic E-state index is -0.807. The number of hydrogen-bond acceptors (Lipinski definition) is 4. The molecule has 3 aliphatic rings. The lowest BCUT2D eigenvalue weighted by atomic mass is 9.98. The van der Waals surface area contributed by atoms with Crippen molar-refractivity contribution in [2.24, 2.45) is 17.8 Å². The number of hydrogen-bond donors (Lipinski definition) is 1. The van der Waals surface area contributed by atoms with E-state index in [2.05, 4.69) is 36.2 Å². The van der Waals surface area contributed by atoms with Gasteiger partial charge in [0.1, 0.15) is 18.8 Å². The molecule has 0 saturated heterocycles. The van der Waals surface area contributed by atoms with Crippen molar-refractivity contribution in [3.05, 3.63) is 72.3 Å². The van der Waals surface area contributed by atoms with Gasteiger partial charge in [-0.2, -0.15) is 0 Å². The van der Waals surface area contributed by atoms with E-state index in [9.17, 15) is 9.59 Å². The van der Waals surface area contributed by atoms with E-state index in [1.807, 2.05) is 31.2 Å². The lowest BCUT2D eigenvalue weighted by molar-refractivity contribution is -0.154. The molecule has 0 unspecified atom stereocenters. The number of alkyl carbamates (subject to hydrolysis) is 1. The van der Waals surface area contributed by atoms with Crippen molar-refractivity contribution < 1.29 is 19.1 Å². The number of amides is 1. The third-order valence-corrected chi connectivity index (χ3v) is 7.19. The van der Waals surface area contributed by atoms with Crippen LogP contribution in [0.5, 0.6) is 0 Å². The second-order valence-corrected chi connectivity index (χ2v) is 9.62. The number of ether oxygens (including phenoxy) is 2. The molecule has 2 fully saturated rings. The Labute approximate surface area is 195 Å². The van der Waals surface area contributed by atoms with Gasteiger partial charge in [-0.1, -0.05) is 61.5 Å². The van der Waals surface area contributed by atoms with E-state index in [0.29, 0.717) is 11.8 Å². The Balaban J connectivity index is 1.24. The third kappa shape index (κ3) is 4.54. The second-order valence-electron chi connectivity index (χ2n) is 9.62. The minimum Gasteiger partial charge on any atom is -0.460 e. The van der Waals surface area contributed by atoms with E-state index in [-0.39, 0.29) is 30.5 Å². The standard InChI is InChI=1S/C28H31NO4/c1-3-17(2)25(27(30)33-26(18-12-13-18)19-14-15-19)29-28(31)32-16-24-22-10-6-4-8-20(22)21-9-5-7-11-23(21)24/h3-11,17-19,24-26H,1,12-16H2,2H3,(H,29,31)/t17-,25-/m0/s1. The SMILES string of the molecule is C=C[C@H](C)[C@H](NC(=O)OCC1c2ccccc2-c2ccccc21)C(=O)OC(C1CC1)C1CC1. The van der Waals surface area contributed by atoms with E-state index in [0.717, 1.165) is 36.8 Å². The molecule has 5 nitrogen and oxygen atoms in total. The summed E-state index contributed by atoms with van der Waals surface area (Å²) in [5.74, 6) is 0.280. The number of benzene rings is 2. The summed E-state index contributed by atoms with van der Waals surface area (Å²) in [6, 6.07) is 15.6. The van der Waals surface area contributed by atoms with Crippen molar-refractivity contribution >= 4 is 12.1 Å². The van der Waals surface area contributed by atoms with Crippen molar-refractivity contribution in [3.63, 3.8) is 0 Å². The van der Waals surface area contributed by atoms with Gasteiger partial charge in [0.05, 0.1) is 0 Å². The second kappa shape index (κ2) is 9.05. The van der Waals surface area contributed by atoms with E-state index >= 15 is 0 Å². The van der Waals surface area contributed by atoms with Gasteiger partial charge in [-0.15, -0.1) is 6.58 Å². The average Bonchev–Trinajstić information content (AvgIpc) is 3.76. The van der Waals surface area contributed by atoms with Crippen LogP contribution < -0.4 is 5.32 Å². The third-order valence-electron chi connectivity index (χ3n) is 7.19. The maximum atomic E-state index is 13.0. The summed E-state index contributed by atoms with van der Waals surface area (Å²) in [7, 11) is 0. The summed E-state index contributed by atoms with van der Waals surface area (Å²) in [4.78, 5) is 25.8. The first-order chi connectivity index (χ1) is 16.1. The molecule has 5 rings (SSSR count). The van der Waals surface area contributed by atoms with Gasteiger partial charge in [-0.25, -0.2) is 9.59 Å². The first-order valence-electron chi connectivity index (χ1n) is 12.0. The molecule has 0 aromatic heterocycles. The Morgan fingerprint density at radius 3 is 2.06 bits per heavy atom. The number of rotatable bonds is 9. The molecule has 2 aromatic rings. The molecule has 5 heteroatoms. The van der Waals surface area contributed by atoms with E-state index < -0.39 is 12.1 Å². The van der Waals surface area contributed by atoms with E-state index in [1.165, 1.54) is 11.1 Å². The molecule has 1 amide bonds. The Kier molecular flexibility index (Phi) is 5.96.